The molecule has 3 rings (SSSR count). The Bertz CT molecular complexity index is 597. The van der Waals surface area contributed by atoms with E-state index < -0.39 is 10.0 Å². The summed E-state index contributed by atoms with van der Waals surface area (Å²) in [6, 6.07) is 3.88. The van der Waals surface area contributed by atoms with Gasteiger partial charge in [0.1, 0.15) is 5.82 Å². The maximum atomic E-state index is 12.9. The second-order valence-electron chi connectivity index (χ2n) is 5.94. The third kappa shape index (κ3) is 2.79. The van der Waals surface area contributed by atoms with Crippen molar-refractivity contribution in [1.29, 1.82) is 0 Å². The lowest BCUT2D eigenvalue weighted by Gasteiger charge is -2.27. The van der Waals surface area contributed by atoms with E-state index in [0.717, 1.165) is 49.9 Å². The number of rotatable bonds is 4. The highest BCUT2D eigenvalue weighted by Crippen LogP contribution is 2.38. The van der Waals surface area contributed by atoms with Crippen molar-refractivity contribution in [2.75, 3.05) is 18.9 Å². The summed E-state index contributed by atoms with van der Waals surface area (Å²) in [4.78, 5) is 4.21. The molecule has 0 spiro atoms. The molecule has 1 unspecified atom stereocenters. The van der Waals surface area contributed by atoms with Gasteiger partial charge >= 0.3 is 0 Å². The summed E-state index contributed by atoms with van der Waals surface area (Å²) < 4.78 is 27.5. The van der Waals surface area contributed by atoms with Gasteiger partial charge in [0.25, 0.3) is 0 Å². The Morgan fingerprint density at radius 3 is 2.71 bits per heavy atom. The number of hydrogen-bond donors (Lipinski definition) is 1. The van der Waals surface area contributed by atoms with Crippen LogP contribution in [0.25, 0.3) is 0 Å². The Hall–Kier alpha value is -1.14. The van der Waals surface area contributed by atoms with Crippen molar-refractivity contribution >= 4 is 15.8 Å². The maximum Gasteiger partial charge on any atom is 0.217 e. The summed E-state index contributed by atoms with van der Waals surface area (Å²) in [7, 11) is -1.34. The highest BCUT2D eigenvalue weighted by molar-refractivity contribution is 7.89. The minimum Gasteiger partial charge on any atom is -0.373 e. The van der Waals surface area contributed by atoms with E-state index in [0.29, 0.717) is 6.54 Å². The van der Waals surface area contributed by atoms with E-state index in [1.54, 1.807) is 10.5 Å². The molecule has 1 saturated heterocycles. The Balaban J connectivity index is 1.88. The van der Waals surface area contributed by atoms with Crippen LogP contribution in [-0.2, 0) is 10.0 Å². The number of nitrogens with one attached hydrogen (secondary N) is 1. The van der Waals surface area contributed by atoms with Crippen LogP contribution in [0, 0.1) is 0 Å². The topological polar surface area (TPSA) is 62.3 Å². The molecule has 1 N–H and O–H groups in total. The molecule has 0 aromatic carbocycles. The summed E-state index contributed by atoms with van der Waals surface area (Å²) in [6.07, 6.45) is 7.32. The molecule has 5 nitrogen and oxygen atoms in total. The Morgan fingerprint density at radius 1 is 1.24 bits per heavy atom. The lowest BCUT2D eigenvalue weighted by atomic mass is 10.1. The van der Waals surface area contributed by atoms with Crippen LogP contribution in [0.3, 0.4) is 0 Å². The van der Waals surface area contributed by atoms with Gasteiger partial charge in [-0.2, -0.15) is 4.31 Å². The van der Waals surface area contributed by atoms with Crippen LogP contribution in [0.15, 0.2) is 18.3 Å². The van der Waals surface area contributed by atoms with E-state index in [9.17, 15) is 8.42 Å². The Morgan fingerprint density at radius 2 is 2.00 bits per heavy atom. The van der Waals surface area contributed by atoms with Crippen LogP contribution in [0.4, 0.5) is 5.82 Å². The Kier molecular flexibility index (Phi) is 4.17. The zero-order valence-electron chi connectivity index (χ0n) is 12.5. The highest BCUT2D eigenvalue weighted by Gasteiger charge is 2.40. The maximum absolute atomic E-state index is 12.9. The number of nitrogens with zero attached hydrogens (tertiary/aromatic N) is 2. The first-order chi connectivity index (χ1) is 10.1. The van der Waals surface area contributed by atoms with Crippen LogP contribution in [0.1, 0.15) is 50.1 Å². The van der Waals surface area contributed by atoms with E-state index in [1.807, 2.05) is 19.2 Å². The van der Waals surface area contributed by atoms with E-state index in [2.05, 4.69) is 10.3 Å². The second-order valence-corrected chi connectivity index (χ2v) is 8.11. The fourth-order valence-electron chi connectivity index (χ4n) is 3.55. The predicted octanol–water partition coefficient (Wildman–Crippen LogP) is 2.53. The minimum atomic E-state index is -3.16. The second kappa shape index (κ2) is 5.93. The summed E-state index contributed by atoms with van der Waals surface area (Å²) in [5, 5.41) is 2.86. The number of anilines is 1. The van der Waals surface area contributed by atoms with Gasteiger partial charge in [0, 0.05) is 25.8 Å². The molecule has 6 heteroatoms. The van der Waals surface area contributed by atoms with E-state index in [4.69, 9.17) is 0 Å². The number of sulfonamides is 1. The van der Waals surface area contributed by atoms with Gasteiger partial charge in [-0.05, 0) is 43.4 Å². The third-order valence-corrected chi connectivity index (χ3v) is 7.08. The predicted molar refractivity (Wildman–Crippen MR) is 83.6 cm³/mol. The first kappa shape index (κ1) is 14.8. The lowest BCUT2D eigenvalue weighted by Crippen LogP contribution is -2.37. The van der Waals surface area contributed by atoms with Crippen molar-refractivity contribution in [1.82, 2.24) is 9.29 Å². The summed E-state index contributed by atoms with van der Waals surface area (Å²) in [6.45, 7) is 0.653. The smallest absolute Gasteiger partial charge is 0.217 e. The van der Waals surface area contributed by atoms with Crippen molar-refractivity contribution < 1.29 is 8.42 Å². The van der Waals surface area contributed by atoms with Gasteiger partial charge in [-0.25, -0.2) is 13.4 Å². The van der Waals surface area contributed by atoms with E-state index >= 15 is 0 Å². The quantitative estimate of drug-likeness (QED) is 0.928. The normalized spacial score (nSPS) is 24.5. The van der Waals surface area contributed by atoms with Gasteiger partial charge in [-0.3, -0.25) is 0 Å². The molecule has 1 aromatic heterocycles. The highest BCUT2D eigenvalue weighted by atomic mass is 32.2. The first-order valence-electron chi connectivity index (χ1n) is 7.77. The van der Waals surface area contributed by atoms with Crippen molar-refractivity contribution in [2.45, 2.75) is 49.8 Å². The fourth-order valence-corrected chi connectivity index (χ4v) is 5.82. The van der Waals surface area contributed by atoms with Gasteiger partial charge in [0.15, 0.2) is 0 Å². The van der Waals surface area contributed by atoms with Crippen molar-refractivity contribution in [3.05, 3.63) is 23.9 Å². The summed E-state index contributed by atoms with van der Waals surface area (Å²) in [5.41, 5.74) is 1.05. The molecule has 2 heterocycles. The van der Waals surface area contributed by atoms with E-state index in [1.165, 1.54) is 0 Å². The number of hydrogen-bond acceptors (Lipinski definition) is 4. The van der Waals surface area contributed by atoms with Gasteiger partial charge in [-0.1, -0.05) is 12.8 Å². The molecule has 1 aromatic rings. The van der Waals surface area contributed by atoms with Crippen LogP contribution < -0.4 is 5.32 Å². The van der Waals surface area contributed by atoms with Crippen molar-refractivity contribution in [2.24, 2.45) is 0 Å². The Labute approximate surface area is 126 Å². The van der Waals surface area contributed by atoms with Crippen LogP contribution in [-0.4, -0.2) is 36.5 Å². The largest absolute Gasteiger partial charge is 0.373 e. The minimum absolute atomic E-state index is 0.0225. The standard InChI is InChI=1S/C15H23N3O2S/c1-16-15-11-12(8-9-17-15)14-7-4-10-18(14)21(19,20)13-5-2-3-6-13/h8-9,11,13-14H,2-7,10H2,1H3,(H,16,17). The average Bonchev–Trinajstić information content (AvgIpc) is 3.18. The van der Waals surface area contributed by atoms with Crippen LogP contribution in [0.5, 0.6) is 0 Å². The third-order valence-electron chi connectivity index (χ3n) is 4.68. The van der Waals surface area contributed by atoms with E-state index in [-0.39, 0.29) is 11.3 Å². The van der Waals surface area contributed by atoms with Gasteiger partial charge in [0.05, 0.1) is 5.25 Å². The SMILES string of the molecule is CNc1cc(C2CCCN2S(=O)(=O)C2CCCC2)ccn1. The molecule has 0 radical (unpaired) electrons. The monoisotopic (exact) mass is 309 g/mol. The van der Waals surface area contributed by atoms with Crippen molar-refractivity contribution in [3.8, 4) is 0 Å². The molecule has 2 fully saturated rings. The van der Waals surface area contributed by atoms with Crippen molar-refractivity contribution in [3.63, 3.8) is 0 Å². The molecular formula is C15H23N3O2S. The molecule has 21 heavy (non-hydrogen) atoms. The summed E-state index contributed by atoms with van der Waals surface area (Å²) >= 11 is 0. The number of aromatic nitrogens is 1. The van der Waals surface area contributed by atoms with Gasteiger partial charge < -0.3 is 5.32 Å². The molecule has 1 aliphatic carbocycles. The molecule has 1 atom stereocenters. The number of pyridine rings is 1. The molecule has 1 aliphatic heterocycles. The van der Waals surface area contributed by atoms with Crippen LogP contribution in [0.2, 0.25) is 0 Å². The summed E-state index contributed by atoms with van der Waals surface area (Å²) in [5.74, 6) is 0.789. The lowest BCUT2D eigenvalue weighted by molar-refractivity contribution is 0.389. The zero-order chi connectivity index (χ0) is 14.9. The molecule has 1 saturated carbocycles. The molecular weight excluding hydrogens is 286 g/mol. The van der Waals surface area contributed by atoms with Crippen LogP contribution >= 0.6 is 0 Å². The molecule has 2 aliphatic rings. The fraction of sp³-hybridized carbons (Fsp3) is 0.667. The van der Waals surface area contributed by atoms with Gasteiger partial charge in [0.2, 0.25) is 10.0 Å². The molecule has 0 amide bonds. The first-order valence-corrected chi connectivity index (χ1v) is 9.27. The zero-order valence-corrected chi connectivity index (χ0v) is 13.3. The molecule has 0 bridgehead atoms. The van der Waals surface area contributed by atoms with Gasteiger partial charge in [-0.15, -0.1) is 0 Å². The average molecular weight is 309 g/mol. The molecule has 116 valence electrons.